The molecule has 1 aliphatic rings. The van der Waals surface area contributed by atoms with E-state index in [0.717, 1.165) is 24.8 Å². The Kier molecular flexibility index (Phi) is 3.27. The molecule has 0 unspecified atom stereocenters. The molecule has 0 aliphatic heterocycles. The van der Waals surface area contributed by atoms with Gasteiger partial charge in [0, 0.05) is 24.9 Å². The molecule has 0 radical (unpaired) electrons. The fourth-order valence-corrected chi connectivity index (χ4v) is 2.86. The first kappa shape index (κ1) is 13.2. The zero-order valence-corrected chi connectivity index (χ0v) is 11.6. The summed E-state index contributed by atoms with van der Waals surface area (Å²) in [5, 5.41) is 12.8. The maximum Gasteiger partial charge on any atom is 0.273 e. The van der Waals surface area contributed by atoms with Crippen LogP contribution in [0.1, 0.15) is 30.3 Å². The largest absolute Gasteiger partial charge is 0.298 e. The van der Waals surface area contributed by atoms with Gasteiger partial charge in [-0.25, -0.2) is 13.6 Å². The summed E-state index contributed by atoms with van der Waals surface area (Å²) in [6.45, 7) is 0. The lowest BCUT2D eigenvalue weighted by Crippen LogP contribution is -2.19. The molecule has 1 fully saturated rings. The van der Waals surface area contributed by atoms with E-state index in [4.69, 9.17) is 5.14 Å². The van der Waals surface area contributed by atoms with Gasteiger partial charge in [0.2, 0.25) is 0 Å². The summed E-state index contributed by atoms with van der Waals surface area (Å²) < 4.78 is 24.7. The minimum atomic E-state index is -3.82. The van der Waals surface area contributed by atoms with Crippen molar-refractivity contribution in [2.45, 2.75) is 36.9 Å². The molecule has 2 aromatic rings. The second kappa shape index (κ2) is 4.95. The van der Waals surface area contributed by atoms with Gasteiger partial charge >= 0.3 is 0 Å². The van der Waals surface area contributed by atoms with Crippen molar-refractivity contribution < 1.29 is 8.42 Å². The number of aryl methyl sites for hydroxylation is 2. The Bertz CT molecular complexity index is 707. The van der Waals surface area contributed by atoms with Crippen LogP contribution in [0.2, 0.25) is 0 Å². The number of aromatic nitrogens is 4. The van der Waals surface area contributed by atoms with Gasteiger partial charge in [-0.3, -0.25) is 9.55 Å². The summed E-state index contributed by atoms with van der Waals surface area (Å²) in [7, 11) is -3.82. The van der Waals surface area contributed by atoms with E-state index in [1.807, 2.05) is 12.1 Å². The van der Waals surface area contributed by atoms with Crippen molar-refractivity contribution in [2.24, 2.45) is 5.14 Å². The fraction of sp³-hybridized carbons (Fsp3) is 0.417. The Morgan fingerprint density at radius 1 is 1.30 bits per heavy atom. The molecule has 20 heavy (non-hydrogen) atoms. The predicted molar refractivity (Wildman–Crippen MR) is 71.3 cm³/mol. The average molecular weight is 293 g/mol. The van der Waals surface area contributed by atoms with Crippen molar-refractivity contribution in [3.05, 3.63) is 35.9 Å². The van der Waals surface area contributed by atoms with Crippen LogP contribution in [0.25, 0.3) is 0 Å². The van der Waals surface area contributed by atoms with E-state index in [1.54, 1.807) is 17.0 Å². The van der Waals surface area contributed by atoms with Crippen molar-refractivity contribution in [2.75, 3.05) is 0 Å². The van der Waals surface area contributed by atoms with Crippen LogP contribution >= 0.6 is 0 Å². The molecule has 3 rings (SSSR count). The first-order chi connectivity index (χ1) is 9.55. The van der Waals surface area contributed by atoms with Crippen LogP contribution in [0, 0.1) is 0 Å². The van der Waals surface area contributed by atoms with E-state index in [0.29, 0.717) is 12.2 Å². The van der Waals surface area contributed by atoms with Gasteiger partial charge < -0.3 is 0 Å². The minimum Gasteiger partial charge on any atom is -0.298 e. The lowest BCUT2D eigenvalue weighted by Gasteiger charge is -2.07. The van der Waals surface area contributed by atoms with Crippen LogP contribution in [0.5, 0.6) is 0 Å². The smallest absolute Gasteiger partial charge is 0.273 e. The van der Waals surface area contributed by atoms with Crippen molar-refractivity contribution in [3.8, 4) is 0 Å². The van der Waals surface area contributed by atoms with Crippen molar-refractivity contribution >= 4 is 10.0 Å². The van der Waals surface area contributed by atoms with Crippen LogP contribution in [-0.4, -0.2) is 28.2 Å². The van der Waals surface area contributed by atoms with E-state index < -0.39 is 10.0 Å². The summed E-state index contributed by atoms with van der Waals surface area (Å²) >= 11 is 0. The summed E-state index contributed by atoms with van der Waals surface area (Å²) in [6.07, 6.45) is 6.75. The van der Waals surface area contributed by atoms with Gasteiger partial charge in [0.05, 0.1) is 0 Å². The Morgan fingerprint density at radius 2 is 2.10 bits per heavy atom. The number of nitrogens with two attached hydrogens (primary N) is 1. The van der Waals surface area contributed by atoms with Gasteiger partial charge in [-0.15, -0.1) is 10.2 Å². The monoisotopic (exact) mass is 293 g/mol. The maximum atomic E-state index is 11.5. The summed E-state index contributed by atoms with van der Waals surface area (Å²) in [5.41, 5.74) is 1.08. The zero-order valence-electron chi connectivity index (χ0n) is 10.8. The van der Waals surface area contributed by atoms with Gasteiger partial charge in [-0.05, 0) is 30.9 Å². The number of rotatable bonds is 5. The normalized spacial score (nSPS) is 15.4. The van der Waals surface area contributed by atoms with E-state index >= 15 is 0 Å². The Labute approximate surface area is 116 Å². The highest BCUT2D eigenvalue weighted by atomic mass is 32.2. The first-order valence-corrected chi connectivity index (χ1v) is 7.96. The molecule has 7 nitrogen and oxygen atoms in total. The Balaban J connectivity index is 1.85. The second-order valence-corrected chi connectivity index (χ2v) is 6.36. The summed E-state index contributed by atoms with van der Waals surface area (Å²) in [6, 6.07) is 4.02. The molecule has 0 amide bonds. The molecule has 0 spiro atoms. The van der Waals surface area contributed by atoms with Crippen molar-refractivity contribution in [3.63, 3.8) is 0 Å². The van der Waals surface area contributed by atoms with Crippen LogP contribution in [0.15, 0.2) is 29.7 Å². The summed E-state index contributed by atoms with van der Waals surface area (Å²) in [4.78, 5) is 4.05. The highest BCUT2D eigenvalue weighted by molar-refractivity contribution is 7.89. The first-order valence-electron chi connectivity index (χ1n) is 6.41. The number of hydrogen-bond acceptors (Lipinski definition) is 5. The number of nitrogens with zero attached hydrogens (tertiary/aromatic N) is 4. The highest BCUT2D eigenvalue weighted by Crippen LogP contribution is 2.37. The molecule has 0 saturated heterocycles. The third-order valence-electron chi connectivity index (χ3n) is 3.26. The van der Waals surface area contributed by atoms with Crippen molar-refractivity contribution in [1.82, 2.24) is 19.7 Å². The molecule has 106 valence electrons. The van der Waals surface area contributed by atoms with Gasteiger partial charge in [-0.1, -0.05) is 6.07 Å². The zero-order chi connectivity index (χ0) is 14.2. The molecule has 2 heterocycles. The van der Waals surface area contributed by atoms with Crippen molar-refractivity contribution in [1.29, 1.82) is 0 Å². The average Bonchev–Trinajstić information content (AvgIpc) is 3.16. The van der Waals surface area contributed by atoms with E-state index in [2.05, 4.69) is 15.2 Å². The van der Waals surface area contributed by atoms with Crippen LogP contribution < -0.4 is 5.14 Å². The molecule has 2 aromatic heterocycles. The van der Waals surface area contributed by atoms with Gasteiger partial charge in [0.1, 0.15) is 5.82 Å². The van der Waals surface area contributed by atoms with Gasteiger partial charge in [0.25, 0.3) is 15.2 Å². The summed E-state index contributed by atoms with van der Waals surface area (Å²) in [5.74, 6) is 0.667. The number of primary sulfonamides is 1. The van der Waals surface area contributed by atoms with E-state index in [1.165, 1.54) is 0 Å². The Morgan fingerprint density at radius 3 is 2.70 bits per heavy atom. The van der Waals surface area contributed by atoms with Crippen LogP contribution in [-0.2, 0) is 22.9 Å². The second-order valence-electron chi connectivity index (χ2n) is 4.91. The number of pyridine rings is 1. The lowest BCUT2D eigenvalue weighted by molar-refractivity contribution is 0.558. The fourth-order valence-electron chi connectivity index (χ4n) is 2.17. The molecule has 0 bridgehead atoms. The molecule has 0 atom stereocenters. The Hall–Kier alpha value is -1.80. The maximum absolute atomic E-state index is 11.5. The molecule has 2 N–H and O–H groups in total. The standard InChI is InChI=1S/C12H15N5O2S/c13-20(18,19)12-16-15-11(17(12)10-4-5-10)6-3-9-2-1-7-14-8-9/h1-2,7-8,10H,3-6H2,(H2,13,18,19). The predicted octanol–water partition coefficient (Wildman–Crippen LogP) is 0.441. The number of hydrogen-bond donors (Lipinski definition) is 1. The van der Waals surface area contributed by atoms with Gasteiger partial charge in [-0.2, -0.15) is 0 Å². The third-order valence-corrected chi connectivity index (χ3v) is 4.05. The molecule has 0 aromatic carbocycles. The van der Waals surface area contributed by atoms with Crippen LogP contribution in [0.3, 0.4) is 0 Å². The SMILES string of the molecule is NS(=O)(=O)c1nnc(CCc2cccnc2)n1C1CC1. The molecular formula is C12H15N5O2S. The molecule has 1 saturated carbocycles. The quantitative estimate of drug-likeness (QED) is 0.861. The molecule has 8 heteroatoms. The topological polar surface area (TPSA) is 104 Å². The lowest BCUT2D eigenvalue weighted by atomic mass is 10.1. The third kappa shape index (κ3) is 2.70. The van der Waals surface area contributed by atoms with E-state index in [9.17, 15) is 8.42 Å². The van der Waals surface area contributed by atoms with Crippen LogP contribution in [0.4, 0.5) is 0 Å². The number of sulfonamides is 1. The molecular weight excluding hydrogens is 278 g/mol. The minimum absolute atomic E-state index is 0.124. The highest BCUT2D eigenvalue weighted by Gasteiger charge is 2.32. The van der Waals surface area contributed by atoms with E-state index in [-0.39, 0.29) is 11.2 Å². The molecule has 1 aliphatic carbocycles. The van der Waals surface area contributed by atoms with Gasteiger partial charge in [0.15, 0.2) is 0 Å².